The van der Waals surface area contributed by atoms with Crippen LogP contribution in [0.25, 0.3) is 22.1 Å². The van der Waals surface area contributed by atoms with E-state index in [0.717, 1.165) is 16.8 Å². The first kappa shape index (κ1) is 25.1. The molecule has 0 atom stereocenters. The van der Waals surface area contributed by atoms with Crippen molar-refractivity contribution in [2.45, 2.75) is 12.7 Å². The topological polar surface area (TPSA) is 77.8 Å². The van der Waals surface area contributed by atoms with Gasteiger partial charge in [-0.25, -0.2) is 4.79 Å². The van der Waals surface area contributed by atoms with Crippen LogP contribution in [-0.2, 0) is 22.3 Å². The molecule has 4 rings (SSSR count). The zero-order chi connectivity index (χ0) is 25.9. The SMILES string of the molecule is COC(=O)COc1ccc2cc(CNC(=O)c3cc(-c4ccc(Cl)cc4)oc3C(F)(F)F)ccc2c1. The molecule has 10 heteroatoms. The summed E-state index contributed by atoms with van der Waals surface area (Å²) >= 11 is 5.84. The van der Waals surface area contributed by atoms with Crippen LogP contribution in [0, 0.1) is 0 Å². The third-order valence-electron chi connectivity index (χ3n) is 5.28. The summed E-state index contributed by atoms with van der Waals surface area (Å²) in [6.07, 6.45) is -4.85. The predicted octanol–water partition coefficient (Wildman–Crippen LogP) is 6.25. The van der Waals surface area contributed by atoms with Gasteiger partial charge >= 0.3 is 12.1 Å². The molecule has 0 saturated heterocycles. The van der Waals surface area contributed by atoms with Gasteiger partial charge in [0, 0.05) is 17.1 Å². The average molecular weight is 518 g/mol. The van der Waals surface area contributed by atoms with Crippen LogP contribution in [0.4, 0.5) is 13.2 Å². The van der Waals surface area contributed by atoms with Crippen LogP contribution < -0.4 is 10.1 Å². The number of nitrogens with one attached hydrogen (secondary N) is 1. The Balaban J connectivity index is 1.49. The summed E-state index contributed by atoms with van der Waals surface area (Å²) in [6.45, 7) is -0.228. The molecule has 0 aliphatic rings. The number of furan rings is 1. The van der Waals surface area contributed by atoms with E-state index in [4.69, 9.17) is 20.8 Å². The maximum atomic E-state index is 13.6. The number of hydrogen-bond acceptors (Lipinski definition) is 5. The van der Waals surface area contributed by atoms with Crippen molar-refractivity contribution in [1.29, 1.82) is 0 Å². The Labute approximate surface area is 208 Å². The fourth-order valence-corrected chi connectivity index (χ4v) is 3.60. The zero-order valence-corrected chi connectivity index (χ0v) is 19.6. The Hall–Kier alpha value is -3.98. The number of fused-ring (bicyclic) bond motifs is 1. The van der Waals surface area contributed by atoms with Gasteiger partial charge in [-0.15, -0.1) is 0 Å². The number of ether oxygens (including phenoxy) is 2. The molecular weight excluding hydrogens is 499 g/mol. The highest BCUT2D eigenvalue weighted by atomic mass is 35.5. The zero-order valence-electron chi connectivity index (χ0n) is 18.8. The quantitative estimate of drug-likeness (QED) is 0.293. The monoisotopic (exact) mass is 517 g/mol. The lowest BCUT2D eigenvalue weighted by molar-refractivity contribution is -0.153. The summed E-state index contributed by atoms with van der Waals surface area (Å²) in [7, 11) is 1.27. The van der Waals surface area contributed by atoms with Crippen LogP contribution in [-0.4, -0.2) is 25.6 Å². The van der Waals surface area contributed by atoms with Gasteiger partial charge in [-0.05, 0) is 64.9 Å². The van der Waals surface area contributed by atoms with Crippen LogP contribution in [0.15, 0.2) is 71.1 Å². The van der Waals surface area contributed by atoms with Crippen LogP contribution in [0.1, 0.15) is 21.7 Å². The number of rotatable bonds is 7. The van der Waals surface area contributed by atoms with E-state index in [1.807, 2.05) is 0 Å². The van der Waals surface area contributed by atoms with Crippen molar-refractivity contribution in [3.8, 4) is 17.1 Å². The van der Waals surface area contributed by atoms with Crippen molar-refractivity contribution in [2.75, 3.05) is 13.7 Å². The van der Waals surface area contributed by atoms with Crippen molar-refractivity contribution >= 4 is 34.2 Å². The summed E-state index contributed by atoms with van der Waals surface area (Å²) in [5.74, 6) is -2.42. The fraction of sp³-hybridized carbons (Fsp3) is 0.154. The van der Waals surface area contributed by atoms with Crippen molar-refractivity contribution in [3.05, 3.63) is 88.6 Å². The summed E-state index contributed by atoms with van der Waals surface area (Å²) < 4.78 is 55.6. The van der Waals surface area contributed by atoms with Crippen LogP contribution in [0.2, 0.25) is 5.02 Å². The molecular formula is C26H19ClF3NO5. The minimum Gasteiger partial charge on any atom is -0.482 e. The highest BCUT2D eigenvalue weighted by molar-refractivity contribution is 6.30. The molecule has 4 aromatic rings. The molecule has 0 fully saturated rings. The largest absolute Gasteiger partial charge is 0.482 e. The molecule has 0 aliphatic carbocycles. The Morgan fingerprint density at radius 1 is 0.972 bits per heavy atom. The Bertz CT molecular complexity index is 1410. The van der Waals surface area contributed by atoms with Crippen molar-refractivity contribution in [2.24, 2.45) is 0 Å². The molecule has 1 amide bonds. The van der Waals surface area contributed by atoms with E-state index in [2.05, 4.69) is 10.1 Å². The number of esters is 1. The number of alkyl halides is 3. The molecule has 186 valence electrons. The lowest BCUT2D eigenvalue weighted by Gasteiger charge is -2.09. The van der Waals surface area contributed by atoms with E-state index >= 15 is 0 Å². The van der Waals surface area contributed by atoms with Crippen LogP contribution in [0.5, 0.6) is 5.75 Å². The molecule has 0 bridgehead atoms. The molecule has 0 aliphatic heterocycles. The number of carbonyl (C=O) groups is 2. The van der Waals surface area contributed by atoms with Gasteiger partial charge in [0.15, 0.2) is 6.61 Å². The minimum atomic E-state index is -4.85. The normalized spacial score (nSPS) is 11.4. The first-order chi connectivity index (χ1) is 17.1. The third-order valence-corrected chi connectivity index (χ3v) is 5.53. The van der Waals surface area contributed by atoms with Gasteiger partial charge in [-0.2, -0.15) is 13.2 Å². The van der Waals surface area contributed by atoms with E-state index < -0.39 is 29.4 Å². The van der Waals surface area contributed by atoms with Gasteiger partial charge < -0.3 is 19.2 Å². The lowest BCUT2D eigenvalue weighted by Crippen LogP contribution is -2.24. The van der Waals surface area contributed by atoms with Gasteiger partial charge in [0.2, 0.25) is 5.76 Å². The molecule has 0 saturated carbocycles. The molecule has 6 nitrogen and oxygen atoms in total. The van der Waals surface area contributed by atoms with Gasteiger partial charge in [-0.3, -0.25) is 4.79 Å². The van der Waals surface area contributed by atoms with E-state index in [0.29, 0.717) is 21.9 Å². The number of halogens is 4. The maximum absolute atomic E-state index is 13.6. The molecule has 0 unspecified atom stereocenters. The number of amides is 1. The second-order valence-corrected chi connectivity index (χ2v) is 8.19. The van der Waals surface area contributed by atoms with Crippen molar-refractivity contribution in [3.63, 3.8) is 0 Å². The molecule has 1 N–H and O–H groups in total. The fourth-order valence-electron chi connectivity index (χ4n) is 3.48. The maximum Gasteiger partial charge on any atom is 0.450 e. The first-order valence-electron chi connectivity index (χ1n) is 10.6. The third kappa shape index (κ3) is 5.80. The highest BCUT2D eigenvalue weighted by Gasteiger charge is 2.40. The molecule has 0 radical (unpaired) electrons. The molecule has 36 heavy (non-hydrogen) atoms. The first-order valence-corrected chi connectivity index (χ1v) is 11.0. The minimum absolute atomic E-state index is 0.00583. The summed E-state index contributed by atoms with van der Waals surface area (Å²) in [4.78, 5) is 23.9. The summed E-state index contributed by atoms with van der Waals surface area (Å²) in [6, 6.07) is 17.6. The van der Waals surface area contributed by atoms with Crippen LogP contribution >= 0.6 is 11.6 Å². The molecule has 3 aromatic carbocycles. The second-order valence-electron chi connectivity index (χ2n) is 7.75. The molecule has 0 spiro atoms. The highest BCUT2D eigenvalue weighted by Crippen LogP contribution is 2.37. The second kappa shape index (κ2) is 10.3. The van der Waals surface area contributed by atoms with E-state index in [-0.39, 0.29) is 18.9 Å². The van der Waals surface area contributed by atoms with Gasteiger partial charge in [-0.1, -0.05) is 29.8 Å². The Kier molecular flexibility index (Phi) is 7.21. The van der Waals surface area contributed by atoms with Crippen molar-refractivity contribution < 1.29 is 36.7 Å². The van der Waals surface area contributed by atoms with Crippen molar-refractivity contribution in [1.82, 2.24) is 5.32 Å². The van der Waals surface area contributed by atoms with Crippen LogP contribution in [0.3, 0.4) is 0 Å². The smallest absolute Gasteiger partial charge is 0.450 e. The Morgan fingerprint density at radius 2 is 1.67 bits per heavy atom. The van der Waals surface area contributed by atoms with E-state index in [1.165, 1.54) is 31.4 Å². The number of carbonyl (C=O) groups excluding carboxylic acids is 2. The molecule has 1 aromatic heterocycles. The Morgan fingerprint density at radius 3 is 2.36 bits per heavy atom. The van der Waals surface area contributed by atoms with E-state index in [9.17, 15) is 22.8 Å². The number of methoxy groups -OCH3 is 1. The van der Waals surface area contributed by atoms with E-state index in [1.54, 1.807) is 36.4 Å². The summed E-state index contributed by atoms with van der Waals surface area (Å²) in [5, 5.41) is 4.57. The average Bonchev–Trinajstić information content (AvgIpc) is 3.32. The molecule has 1 heterocycles. The summed E-state index contributed by atoms with van der Waals surface area (Å²) in [5.41, 5.74) is 0.420. The lowest BCUT2D eigenvalue weighted by atomic mass is 10.1. The number of benzene rings is 3. The standard InChI is InChI=1S/C26H19ClF3NO5/c1-34-23(32)14-35-20-9-6-17-10-15(2-3-18(17)11-20)13-31-25(33)21-12-22(36-24(21)26(28,29)30)16-4-7-19(27)8-5-16/h2-12H,13-14H2,1H3,(H,31,33). The predicted molar refractivity (Wildman–Crippen MR) is 127 cm³/mol. The van der Waals surface area contributed by atoms with Gasteiger partial charge in [0.05, 0.1) is 12.7 Å². The van der Waals surface area contributed by atoms with Gasteiger partial charge in [0.25, 0.3) is 5.91 Å². The number of hydrogen-bond donors (Lipinski definition) is 1. The van der Waals surface area contributed by atoms with Gasteiger partial charge in [0.1, 0.15) is 11.5 Å².